The summed E-state index contributed by atoms with van der Waals surface area (Å²) < 4.78 is 6.49. The van der Waals surface area contributed by atoms with Gasteiger partial charge in [-0.1, -0.05) is 12.1 Å². The summed E-state index contributed by atoms with van der Waals surface area (Å²) in [7, 11) is 0. The van der Waals surface area contributed by atoms with Gasteiger partial charge in [-0.05, 0) is 12.1 Å². The Morgan fingerprint density at radius 1 is 1.19 bits per heavy atom. The first kappa shape index (κ1) is 16.9. The Labute approximate surface area is 155 Å². The number of carbonyl (C=O) groups is 1. The quantitative estimate of drug-likeness (QED) is 0.740. The SMILES string of the molecule is O=C(NCCc1nc2ccccc2s1)c1cnc(N2CCOCC2)nc1. The van der Waals surface area contributed by atoms with Crippen LogP contribution in [0.5, 0.6) is 0 Å². The van der Waals surface area contributed by atoms with E-state index < -0.39 is 0 Å². The highest BCUT2D eigenvalue weighted by molar-refractivity contribution is 7.18. The van der Waals surface area contributed by atoms with Crippen molar-refractivity contribution < 1.29 is 9.53 Å². The first-order chi connectivity index (χ1) is 12.8. The molecule has 134 valence electrons. The average Bonchev–Trinajstić information content (AvgIpc) is 3.11. The van der Waals surface area contributed by atoms with E-state index in [2.05, 4.69) is 31.2 Å². The minimum absolute atomic E-state index is 0.167. The van der Waals surface area contributed by atoms with Gasteiger partial charge in [-0.15, -0.1) is 11.3 Å². The second-order valence-electron chi connectivity index (χ2n) is 5.95. The number of anilines is 1. The molecule has 8 heteroatoms. The van der Waals surface area contributed by atoms with E-state index in [0.29, 0.717) is 37.7 Å². The number of rotatable bonds is 5. The Balaban J connectivity index is 1.31. The Hall–Kier alpha value is -2.58. The maximum Gasteiger partial charge on any atom is 0.254 e. The molecule has 1 saturated heterocycles. The number of hydrogen-bond acceptors (Lipinski definition) is 7. The second-order valence-corrected chi connectivity index (χ2v) is 7.07. The van der Waals surface area contributed by atoms with Crippen LogP contribution in [0.25, 0.3) is 10.2 Å². The van der Waals surface area contributed by atoms with Gasteiger partial charge in [0.25, 0.3) is 5.91 Å². The minimum Gasteiger partial charge on any atom is -0.378 e. The number of thiazole rings is 1. The van der Waals surface area contributed by atoms with Crippen LogP contribution in [0, 0.1) is 0 Å². The van der Waals surface area contributed by atoms with Crippen LogP contribution in [-0.2, 0) is 11.2 Å². The van der Waals surface area contributed by atoms with E-state index in [1.54, 1.807) is 23.7 Å². The van der Waals surface area contributed by atoms with E-state index in [1.165, 1.54) is 4.70 Å². The summed E-state index contributed by atoms with van der Waals surface area (Å²) in [5.74, 6) is 0.471. The molecule has 0 atom stereocenters. The fourth-order valence-corrected chi connectivity index (χ4v) is 3.74. The van der Waals surface area contributed by atoms with Crippen molar-refractivity contribution in [2.75, 3.05) is 37.7 Å². The molecule has 1 fully saturated rings. The number of fused-ring (bicyclic) bond motifs is 1. The molecular formula is C18H19N5O2S. The predicted octanol–water partition coefficient (Wildman–Crippen LogP) is 1.90. The highest BCUT2D eigenvalue weighted by Crippen LogP contribution is 2.21. The molecule has 26 heavy (non-hydrogen) atoms. The fraction of sp³-hybridized carbons (Fsp3) is 0.333. The van der Waals surface area contributed by atoms with E-state index in [4.69, 9.17) is 4.74 Å². The smallest absolute Gasteiger partial charge is 0.254 e. The number of nitrogens with one attached hydrogen (secondary N) is 1. The first-order valence-electron chi connectivity index (χ1n) is 8.57. The summed E-state index contributed by atoms with van der Waals surface area (Å²) >= 11 is 1.66. The molecule has 4 rings (SSSR count). The van der Waals surface area contributed by atoms with E-state index in [0.717, 1.165) is 23.6 Å². The maximum absolute atomic E-state index is 12.3. The van der Waals surface area contributed by atoms with E-state index in [9.17, 15) is 4.79 Å². The molecular weight excluding hydrogens is 350 g/mol. The minimum atomic E-state index is -0.167. The molecule has 0 saturated carbocycles. The monoisotopic (exact) mass is 369 g/mol. The van der Waals surface area contributed by atoms with Crippen LogP contribution in [0.3, 0.4) is 0 Å². The average molecular weight is 369 g/mol. The molecule has 3 aromatic rings. The number of morpholine rings is 1. The van der Waals surface area contributed by atoms with Crippen LogP contribution >= 0.6 is 11.3 Å². The van der Waals surface area contributed by atoms with Gasteiger partial charge in [0, 0.05) is 38.4 Å². The zero-order chi connectivity index (χ0) is 17.8. The molecule has 7 nitrogen and oxygen atoms in total. The standard InChI is InChI=1S/C18H19N5O2S/c24-17(13-11-20-18(21-12-13)23-7-9-25-10-8-23)19-6-5-16-22-14-3-1-2-4-15(14)26-16/h1-4,11-12H,5-10H2,(H,19,24). The second kappa shape index (κ2) is 7.76. The van der Waals surface area contributed by atoms with E-state index >= 15 is 0 Å². The van der Waals surface area contributed by atoms with Gasteiger partial charge in [-0.25, -0.2) is 15.0 Å². The molecule has 0 unspecified atom stereocenters. The van der Waals surface area contributed by atoms with Crippen LogP contribution in [0.2, 0.25) is 0 Å². The molecule has 0 bridgehead atoms. The van der Waals surface area contributed by atoms with Crippen LogP contribution in [0.4, 0.5) is 5.95 Å². The summed E-state index contributed by atoms with van der Waals surface area (Å²) in [5.41, 5.74) is 1.47. The highest BCUT2D eigenvalue weighted by atomic mass is 32.1. The Bertz CT molecular complexity index is 857. The summed E-state index contributed by atoms with van der Waals surface area (Å²) in [6.45, 7) is 3.43. The van der Waals surface area contributed by atoms with Crippen molar-refractivity contribution in [3.05, 3.63) is 47.2 Å². The molecule has 1 N–H and O–H groups in total. The molecule has 1 aliphatic heterocycles. The molecule has 0 radical (unpaired) electrons. The summed E-state index contributed by atoms with van der Waals surface area (Å²) in [4.78, 5) is 27.5. The normalized spacial score (nSPS) is 14.5. The van der Waals surface area contributed by atoms with Crippen LogP contribution in [0.15, 0.2) is 36.7 Å². The van der Waals surface area contributed by atoms with Gasteiger partial charge in [-0.3, -0.25) is 4.79 Å². The molecule has 2 aromatic heterocycles. The number of para-hydroxylation sites is 1. The lowest BCUT2D eigenvalue weighted by Gasteiger charge is -2.26. The van der Waals surface area contributed by atoms with Crippen molar-refractivity contribution in [3.63, 3.8) is 0 Å². The lowest BCUT2D eigenvalue weighted by molar-refractivity contribution is 0.0953. The number of nitrogens with zero attached hydrogens (tertiary/aromatic N) is 4. The van der Waals surface area contributed by atoms with Gasteiger partial charge in [-0.2, -0.15) is 0 Å². The lowest BCUT2D eigenvalue weighted by Crippen LogP contribution is -2.37. The summed E-state index contributed by atoms with van der Waals surface area (Å²) in [6, 6.07) is 8.05. The number of amides is 1. The highest BCUT2D eigenvalue weighted by Gasteiger charge is 2.14. The van der Waals surface area contributed by atoms with Crippen molar-refractivity contribution in [3.8, 4) is 0 Å². The topological polar surface area (TPSA) is 80.2 Å². The first-order valence-corrected chi connectivity index (χ1v) is 9.38. The molecule has 1 aliphatic rings. The van der Waals surface area contributed by atoms with Crippen molar-refractivity contribution in [2.24, 2.45) is 0 Å². The van der Waals surface area contributed by atoms with Gasteiger partial charge >= 0.3 is 0 Å². The van der Waals surface area contributed by atoms with Gasteiger partial charge in [0.15, 0.2) is 0 Å². The molecule has 1 amide bonds. The third-order valence-electron chi connectivity index (χ3n) is 4.16. The fourth-order valence-electron chi connectivity index (χ4n) is 2.78. The lowest BCUT2D eigenvalue weighted by atomic mass is 10.3. The molecule has 3 heterocycles. The van der Waals surface area contributed by atoms with Crippen molar-refractivity contribution in [1.82, 2.24) is 20.3 Å². The largest absolute Gasteiger partial charge is 0.378 e. The third-order valence-corrected chi connectivity index (χ3v) is 5.25. The van der Waals surface area contributed by atoms with Crippen molar-refractivity contribution in [2.45, 2.75) is 6.42 Å². The Kier molecular flexibility index (Phi) is 5.03. The van der Waals surface area contributed by atoms with Gasteiger partial charge in [0.05, 0.1) is 34.0 Å². The molecule has 0 spiro atoms. The third kappa shape index (κ3) is 3.81. The number of ether oxygens (including phenoxy) is 1. The van der Waals surface area contributed by atoms with E-state index in [-0.39, 0.29) is 5.91 Å². The number of aromatic nitrogens is 3. The van der Waals surface area contributed by atoms with Gasteiger partial charge in [0.1, 0.15) is 0 Å². The number of benzene rings is 1. The zero-order valence-electron chi connectivity index (χ0n) is 14.2. The number of hydrogen-bond donors (Lipinski definition) is 1. The van der Waals surface area contributed by atoms with Crippen LogP contribution in [0.1, 0.15) is 15.4 Å². The molecule has 1 aromatic carbocycles. The Morgan fingerprint density at radius 2 is 1.96 bits per heavy atom. The summed E-state index contributed by atoms with van der Waals surface area (Å²) in [6.07, 6.45) is 3.85. The van der Waals surface area contributed by atoms with E-state index in [1.807, 2.05) is 18.2 Å². The maximum atomic E-state index is 12.3. The summed E-state index contributed by atoms with van der Waals surface area (Å²) in [5, 5.41) is 3.92. The number of carbonyl (C=O) groups excluding carboxylic acids is 1. The van der Waals surface area contributed by atoms with Crippen molar-refractivity contribution >= 4 is 33.4 Å². The molecule has 0 aliphatic carbocycles. The van der Waals surface area contributed by atoms with Crippen LogP contribution in [-0.4, -0.2) is 53.7 Å². The van der Waals surface area contributed by atoms with Gasteiger partial charge < -0.3 is 15.0 Å². The Morgan fingerprint density at radius 3 is 2.73 bits per heavy atom. The zero-order valence-corrected chi connectivity index (χ0v) is 15.0. The van der Waals surface area contributed by atoms with Crippen molar-refractivity contribution in [1.29, 1.82) is 0 Å². The van der Waals surface area contributed by atoms with Gasteiger partial charge in [0.2, 0.25) is 5.95 Å². The predicted molar refractivity (Wildman–Crippen MR) is 101 cm³/mol. The van der Waals surface area contributed by atoms with Crippen LogP contribution < -0.4 is 10.2 Å².